The van der Waals surface area contributed by atoms with Crippen LogP contribution in [0.4, 0.5) is 0 Å². The van der Waals surface area contributed by atoms with Crippen molar-refractivity contribution in [2.24, 2.45) is 5.73 Å². The Kier molecular flexibility index (Phi) is 6.02. The van der Waals surface area contributed by atoms with E-state index in [0.29, 0.717) is 6.61 Å². The van der Waals surface area contributed by atoms with Gasteiger partial charge < -0.3 is 15.2 Å². The highest BCUT2D eigenvalue weighted by atomic mass is 16.5. The second kappa shape index (κ2) is 6.20. The van der Waals surface area contributed by atoms with Crippen molar-refractivity contribution in [2.75, 3.05) is 13.2 Å². The van der Waals surface area contributed by atoms with E-state index in [4.69, 9.17) is 15.2 Å². The van der Waals surface area contributed by atoms with Crippen LogP contribution in [0.25, 0.3) is 0 Å². The van der Waals surface area contributed by atoms with Gasteiger partial charge in [0.15, 0.2) is 5.78 Å². The quantitative estimate of drug-likeness (QED) is 0.724. The lowest BCUT2D eigenvalue weighted by atomic mass is 10.1. The summed E-state index contributed by atoms with van der Waals surface area (Å²) in [5, 5.41) is 0. The summed E-state index contributed by atoms with van der Waals surface area (Å²) in [5.41, 5.74) is 5.47. The van der Waals surface area contributed by atoms with Crippen LogP contribution in [-0.2, 0) is 14.3 Å². The maximum Gasteiger partial charge on any atom is 0.177 e. The van der Waals surface area contributed by atoms with E-state index in [-0.39, 0.29) is 24.1 Å². The number of carbonyl (C=O) groups is 1. The summed E-state index contributed by atoms with van der Waals surface area (Å²) in [4.78, 5) is 11.5. The number of hydrogen-bond acceptors (Lipinski definition) is 4. The van der Waals surface area contributed by atoms with Crippen molar-refractivity contribution in [1.82, 2.24) is 0 Å². The van der Waals surface area contributed by atoms with E-state index in [0.717, 1.165) is 0 Å². The molecule has 0 aliphatic carbocycles. The normalized spacial score (nSPS) is 16.1. The maximum atomic E-state index is 11.5. The Hall–Kier alpha value is -0.450. The topological polar surface area (TPSA) is 61.5 Å². The van der Waals surface area contributed by atoms with Crippen LogP contribution < -0.4 is 5.73 Å². The lowest BCUT2D eigenvalue weighted by Crippen LogP contribution is -2.46. The molecule has 0 radical (unpaired) electrons. The molecule has 0 unspecified atom stereocenters. The zero-order valence-electron chi connectivity index (χ0n) is 10.4. The first-order valence-electron chi connectivity index (χ1n) is 5.31. The molecule has 15 heavy (non-hydrogen) atoms. The summed E-state index contributed by atoms with van der Waals surface area (Å²) < 4.78 is 10.6. The van der Waals surface area contributed by atoms with Crippen LogP contribution in [-0.4, -0.2) is 36.7 Å². The number of carbonyl (C=O) groups excluding carboxylic acids is 1. The Balaban J connectivity index is 4.07. The molecule has 0 fully saturated rings. The third kappa shape index (κ3) is 6.60. The minimum atomic E-state index is -0.615. The van der Waals surface area contributed by atoms with Gasteiger partial charge in [0.25, 0.3) is 0 Å². The van der Waals surface area contributed by atoms with E-state index in [1.54, 1.807) is 6.92 Å². The third-order valence-electron chi connectivity index (χ3n) is 1.87. The first kappa shape index (κ1) is 14.6. The van der Waals surface area contributed by atoms with Gasteiger partial charge in [0, 0.05) is 6.61 Å². The maximum absolute atomic E-state index is 11.5. The van der Waals surface area contributed by atoms with Crippen molar-refractivity contribution >= 4 is 5.78 Å². The number of hydrogen-bond donors (Lipinski definition) is 1. The van der Waals surface area contributed by atoms with E-state index in [1.807, 2.05) is 27.7 Å². The molecule has 0 heterocycles. The Morgan fingerprint density at radius 1 is 1.40 bits per heavy atom. The third-order valence-corrected chi connectivity index (χ3v) is 1.87. The number of ketones is 1. The summed E-state index contributed by atoms with van der Waals surface area (Å²) in [7, 11) is 0. The van der Waals surface area contributed by atoms with Crippen molar-refractivity contribution < 1.29 is 14.3 Å². The average molecular weight is 217 g/mol. The van der Waals surface area contributed by atoms with Crippen LogP contribution in [0.5, 0.6) is 0 Å². The van der Waals surface area contributed by atoms with E-state index >= 15 is 0 Å². The molecule has 4 nitrogen and oxygen atoms in total. The van der Waals surface area contributed by atoms with Gasteiger partial charge in [0.05, 0.1) is 17.7 Å². The highest BCUT2D eigenvalue weighted by Crippen LogP contribution is 2.12. The zero-order valence-corrected chi connectivity index (χ0v) is 10.4. The van der Waals surface area contributed by atoms with Crippen molar-refractivity contribution in [1.29, 1.82) is 0 Å². The smallest absolute Gasteiger partial charge is 0.177 e. The molecule has 2 N–H and O–H groups in total. The molecule has 0 spiro atoms. The molecule has 2 atom stereocenters. The fourth-order valence-corrected chi connectivity index (χ4v) is 1.19. The monoisotopic (exact) mass is 217 g/mol. The first-order valence-corrected chi connectivity index (χ1v) is 5.31. The largest absolute Gasteiger partial charge is 0.374 e. The van der Waals surface area contributed by atoms with Gasteiger partial charge in [-0.3, -0.25) is 4.79 Å². The zero-order chi connectivity index (χ0) is 12.1. The Labute approximate surface area is 92.1 Å². The number of ether oxygens (including phenoxy) is 2. The van der Waals surface area contributed by atoms with Gasteiger partial charge >= 0.3 is 0 Å². The van der Waals surface area contributed by atoms with E-state index in [2.05, 4.69) is 0 Å². The molecule has 90 valence electrons. The van der Waals surface area contributed by atoms with Gasteiger partial charge in [-0.1, -0.05) is 0 Å². The number of rotatable bonds is 6. The van der Waals surface area contributed by atoms with Gasteiger partial charge in [0.2, 0.25) is 0 Å². The molecule has 0 bridgehead atoms. The lowest BCUT2D eigenvalue weighted by Gasteiger charge is -2.28. The molecular weight excluding hydrogens is 194 g/mol. The molecule has 0 aromatic carbocycles. The molecule has 0 rings (SSSR count). The number of nitrogens with two attached hydrogens (primary N) is 1. The Morgan fingerprint density at radius 2 is 1.93 bits per heavy atom. The fraction of sp³-hybridized carbons (Fsp3) is 0.909. The summed E-state index contributed by atoms with van der Waals surface area (Å²) >= 11 is 0. The molecule has 0 saturated heterocycles. The lowest BCUT2D eigenvalue weighted by molar-refractivity contribution is -0.131. The standard InChI is InChI=1S/C11H23NO3/c1-6-14-7-9(13)10(12)8(2)15-11(3,4)5/h8,10H,6-7,12H2,1-5H3/t8-,10+/m1/s1. The van der Waals surface area contributed by atoms with Crippen LogP contribution in [0.15, 0.2) is 0 Å². The summed E-state index contributed by atoms with van der Waals surface area (Å²) in [5.74, 6) is -0.117. The van der Waals surface area contributed by atoms with Gasteiger partial charge in [-0.15, -0.1) is 0 Å². The van der Waals surface area contributed by atoms with Crippen LogP contribution >= 0.6 is 0 Å². The summed E-state index contributed by atoms with van der Waals surface area (Å²) in [6.45, 7) is 10.0. The molecule has 0 saturated carbocycles. The highest BCUT2D eigenvalue weighted by Gasteiger charge is 2.25. The van der Waals surface area contributed by atoms with Crippen LogP contribution in [0, 0.1) is 0 Å². The van der Waals surface area contributed by atoms with E-state index < -0.39 is 6.04 Å². The van der Waals surface area contributed by atoms with Crippen molar-refractivity contribution in [2.45, 2.75) is 52.4 Å². The predicted octanol–water partition coefficient (Wildman–Crippen LogP) is 1.12. The SMILES string of the molecule is CCOCC(=O)[C@@H](N)[C@@H](C)OC(C)(C)C. The molecule has 4 heteroatoms. The minimum absolute atomic E-state index is 0.0650. The summed E-state index contributed by atoms with van der Waals surface area (Å²) in [6.07, 6.45) is -0.294. The second-order valence-corrected chi connectivity index (χ2v) is 4.56. The molecule has 0 aliphatic heterocycles. The first-order chi connectivity index (χ1) is 6.78. The fourth-order valence-electron chi connectivity index (χ4n) is 1.19. The number of Topliss-reactive ketones (excluding diaryl/α,β-unsaturated/α-hetero) is 1. The summed E-state index contributed by atoms with van der Waals surface area (Å²) in [6, 6.07) is -0.615. The molecule has 0 aromatic rings. The van der Waals surface area contributed by atoms with Crippen LogP contribution in [0.3, 0.4) is 0 Å². The van der Waals surface area contributed by atoms with Gasteiger partial charge in [-0.2, -0.15) is 0 Å². The molecule has 0 aromatic heterocycles. The van der Waals surface area contributed by atoms with Crippen molar-refractivity contribution in [3.8, 4) is 0 Å². The predicted molar refractivity (Wildman–Crippen MR) is 59.8 cm³/mol. The van der Waals surface area contributed by atoms with Gasteiger partial charge in [0.1, 0.15) is 6.61 Å². The van der Waals surface area contributed by atoms with Gasteiger partial charge in [-0.25, -0.2) is 0 Å². The Morgan fingerprint density at radius 3 is 2.33 bits per heavy atom. The van der Waals surface area contributed by atoms with Crippen LogP contribution in [0.1, 0.15) is 34.6 Å². The van der Waals surface area contributed by atoms with Crippen molar-refractivity contribution in [3.63, 3.8) is 0 Å². The van der Waals surface area contributed by atoms with E-state index in [1.165, 1.54) is 0 Å². The molecule has 0 amide bonds. The second-order valence-electron chi connectivity index (χ2n) is 4.56. The molecular formula is C11H23NO3. The highest BCUT2D eigenvalue weighted by molar-refractivity contribution is 5.85. The Bertz CT molecular complexity index is 198. The molecule has 0 aliphatic rings. The van der Waals surface area contributed by atoms with E-state index in [9.17, 15) is 4.79 Å². The van der Waals surface area contributed by atoms with Gasteiger partial charge in [-0.05, 0) is 34.6 Å². The van der Waals surface area contributed by atoms with Crippen LogP contribution in [0.2, 0.25) is 0 Å². The van der Waals surface area contributed by atoms with Crippen molar-refractivity contribution in [3.05, 3.63) is 0 Å². The minimum Gasteiger partial charge on any atom is -0.374 e. The average Bonchev–Trinajstić information content (AvgIpc) is 2.10.